The molecule has 12 heteroatoms. The van der Waals surface area contributed by atoms with E-state index in [1.807, 2.05) is 9.34 Å². The lowest BCUT2D eigenvalue weighted by atomic mass is 10.0. The van der Waals surface area contributed by atoms with E-state index in [1.54, 1.807) is 30.1 Å². The molecule has 6 rings (SSSR count). The summed E-state index contributed by atoms with van der Waals surface area (Å²) in [6.45, 7) is 3.72. The van der Waals surface area contributed by atoms with Gasteiger partial charge in [-0.2, -0.15) is 0 Å². The molecular formula is C22H23N4O7P. The highest BCUT2D eigenvalue weighted by Gasteiger charge is 2.51. The molecule has 0 spiro atoms. The van der Waals surface area contributed by atoms with Crippen molar-refractivity contribution in [3.63, 3.8) is 0 Å². The van der Waals surface area contributed by atoms with Crippen LogP contribution in [0.1, 0.15) is 34.0 Å². The number of benzene rings is 2. The Hall–Kier alpha value is -2.98. The first kappa shape index (κ1) is 21.5. The SMILES string of the molecule is CN1Cc2ccc(Oc3cc4c(cc3[N+](=O)[O-])OCC[C@H]4OP(=O)(N3CC3)N3CC3)cc2C1=O. The van der Waals surface area contributed by atoms with Gasteiger partial charge in [0, 0.05) is 57.3 Å². The van der Waals surface area contributed by atoms with E-state index in [0.717, 1.165) is 31.7 Å². The molecule has 0 radical (unpaired) electrons. The summed E-state index contributed by atoms with van der Waals surface area (Å²) in [5, 5.41) is 11.8. The van der Waals surface area contributed by atoms with Gasteiger partial charge in [-0.3, -0.25) is 24.0 Å². The minimum absolute atomic E-state index is 0.00916. The Morgan fingerprint density at radius 3 is 2.56 bits per heavy atom. The van der Waals surface area contributed by atoms with Crippen LogP contribution < -0.4 is 9.47 Å². The van der Waals surface area contributed by atoms with Gasteiger partial charge >= 0.3 is 13.4 Å². The van der Waals surface area contributed by atoms with Gasteiger partial charge in [0.25, 0.3) is 5.91 Å². The monoisotopic (exact) mass is 486 g/mol. The number of rotatable bonds is 7. The van der Waals surface area contributed by atoms with E-state index < -0.39 is 18.7 Å². The molecule has 0 unspecified atom stereocenters. The fourth-order valence-corrected chi connectivity index (χ4v) is 6.76. The molecule has 1 atom stereocenters. The number of amides is 1. The van der Waals surface area contributed by atoms with Gasteiger partial charge in [0.15, 0.2) is 0 Å². The van der Waals surface area contributed by atoms with Crippen LogP contribution in [0.25, 0.3) is 0 Å². The van der Waals surface area contributed by atoms with Gasteiger partial charge in [-0.15, -0.1) is 0 Å². The van der Waals surface area contributed by atoms with Crippen molar-refractivity contribution in [3.05, 3.63) is 57.1 Å². The van der Waals surface area contributed by atoms with Crippen LogP contribution in [0.2, 0.25) is 0 Å². The zero-order valence-corrected chi connectivity index (χ0v) is 19.4. The Balaban J connectivity index is 1.35. The molecule has 4 heterocycles. The van der Waals surface area contributed by atoms with E-state index in [9.17, 15) is 19.5 Å². The van der Waals surface area contributed by atoms with Crippen molar-refractivity contribution in [2.75, 3.05) is 39.8 Å². The van der Waals surface area contributed by atoms with Crippen molar-refractivity contribution in [1.82, 2.24) is 14.2 Å². The van der Waals surface area contributed by atoms with E-state index in [-0.39, 0.29) is 17.3 Å². The molecule has 0 aromatic heterocycles. The Bertz CT molecular complexity index is 1240. The van der Waals surface area contributed by atoms with Gasteiger partial charge in [0.05, 0.1) is 23.7 Å². The highest BCUT2D eigenvalue weighted by molar-refractivity contribution is 7.54. The summed E-state index contributed by atoms with van der Waals surface area (Å²) in [7, 11) is -1.39. The maximum Gasteiger partial charge on any atom is 0.346 e. The first-order chi connectivity index (χ1) is 16.3. The molecule has 4 aliphatic heterocycles. The zero-order valence-electron chi connectivity index (χ0n) is 18.5. The number of hydrogen-bond donors (Lipinski definition) is 0. The largest absolute Gasteiger partial charge is 0.493 e. The summed E-state index contributed by atoms with van der Waals surface area (Å²) in [5.74, 6) is 0.528. The van der Waals surface area contributed by atoms with Crippen molar-refractivity contribution >= 4 is 19.3 Å². The lowest BCUT2D eigenvalue weighted by Crippen LogP contribution is -2.19. The number of fused-ring (bicyclic) bond motifs is 2. The lowest BCUT2D eigenvalue weighted by Gasteiger charge is -2.30. The minimum Gasteiger partial charge on any atom is -0.493 e. The second kappa shape index (κ2) is 7.78. The van der Waals surface area contributed by atoms with Crippen LogP contribution in [0.3, 0.4) is 0 Å². The summed E-state index contributed by atoms with van der Waals surface area (Å²) in [6, 6.07) is 7.94. The van der Waals surface area contributed by atoms with Crippen molar-refractivity contribution in [1.29, 1.82) is 0 Å². The normalized spacial score (nSPS) is 21.6. The van der Waals surface area contributed by atoms with Crippen LogP contribution in [0.5, 0.6) is 17.2 Å². The lowest BCUT2D eigenvalue weighted by molar-refractivity contribution is -0.385. The van der Waals surface area contributed by atoms with Crippen LogP contribution in [-0.2, 0) is 15.6 Å². The summed E-state index contributed by atoms with van der Waals surface area (Å²) in [6.07, 6.45) is -0.0792. The number of nitro groups is 1. The molecule has 1 amide bonds. The van der Waals surface area contributed by atoms with Gasteiger partial charge < -0.3 is 14.4 Å². The standard InChI is InChI=1S/C22H23N4O7P/c1-23-13-14-2-3-15(10-16(14)22(23)27)32-21-11-17-19(4-9-31-20(17)12-18(21)26(28)29)33-34(30,24-5-6-24)25-7-8-25/h2-3,10-12,19H,4-9,13H2,1H3/t19-/m1/s1. The predicted molar refractivity (Wildman–Crippen MR) is 120 cm³/mol. The van der Waals surface area contributed by atoms with Crippen LogP contribution in [-0.4, -0.2) is 64.9 Å². The topological polar surface area (TPSA) is 114 Å². The van der Waals surface area contributed by atoms with Crippen LogP contribution in [0.4, 0.5) is 5.69 Å². The predicted octanol–water partition coefficient (Wildman–Crippen LogP) is 3.55. The van der Waals surface area contributed by atoms with Crippen molar-refractivity contribution in [3.8, 4) is 17.2 Å². The molecule has 2 saturated heterocycles. The second-order valence-corrected chi connectivity index (χ2v) is 11.1. The Morgan fingerprint density at radius 1 is 1.15 bits per heavy atom. The van der Waals surface area contributed by atoms with E-state index in [1.165, 1.54) is 12.1 Å². The first-order valence-corrected chi connectivity index (χ1v) is 12.7. The highest BCUT2D eigenvalue weighted by atomic mass is 31.2. The first-order valence-electron chi connectivity index (χ1n) is 11.1. The Morgan fingerprint density at radius 2 is 1.88 bits per heavy atom. The van der Waals surface area contributed by atoms with Gasteiger partial charge in [-0.1, -0.05) is 6.07 Å². The number of ether oxygens (including phenoxy) is 2. The smallest absolute Gasteiger partial charge is 0.346 e. The molecule has 0 aliphatic carbocycles. The average molecular weight is 486 g/mol. The fraction of sp³-hybridized carbons (Fsp3) is 0.409. The van der Waals surface area contributed by atoms with Crippen molar-refractivity contribution < 1.29 is 28.3 Å². The van der Waals surface area contributed by atoms with Crippen molar-refractivity contribution in [2.24, 2.45) is 0 Å². The average Bonchev–Trinajstić information content (AvgIpc) is 3.72. The minimum atomic E-state index is -3.11. The fourth-order valence-electron chi connectivity index (χ4n) is 4.40. The Labute approximate surface area is 195 Å². The molecule has 34 heavy (non-hydrogen) atoms. The summed E-state index contributed by atoms with van der Waals surface area (Å²) in [5.41, 5.74) is 1.70. The maximum atomic E-state index is 13.5. The third-order valence-corrected chi connectivity index (χ3v) is 9.15. The van der Waals surface area contributed by atoms with Gasteiger partial charge in [0.1, 0.15) is 11.5 Å². The number of carbonyl (C=O) groups excluding carboxylic acids is 1. The third-order valence-electron chi connectivity index (χ3n) is 6.39. The molecular weight excluding hydrogens is 463 g/mol. The van der Waals surface area contributed by atoms with E-state index in [4.69, 9.17) is 14.0 Å². The van der Waals surface area contributed by atoms with Gasteiger partial charge in [-0.25, -0.2) is 9.34 Å². The summed E-state index contributed by atoms with van der Waals surface area (Å²) in [4.78, 5) is 25.2. The second-order valence-electron chi connectivity index (χ2n) is 8.83. The van der Waals surface area contributed by atoms with Crippen LogP contribution in [0.15, 0.2) is 30.3 Å². The van der Waals surface area contributed by atoms with Gasteiger partial charge in [0.2, 0.25) is 5.75 Å². The molecule has 0 N–H and O–H groups in total. The molecule has 178 valence electrons. The molecule has 2 aromatic carbocycles. The van der Waals surface area contributed by atoms with Crippen LogP contribution >= 0.6 is 7.67 Å². The number of nitro benzene ring substituents is 1. The Kier molecular flexibility index (Phi) is 4.93. The maximum absolute atomic E-state index is 13.5. The number of nitrogens with zero attached hydrogens (tertiary/aromatic N) is 4. The van der Waals surface area contributed by atoms with E-state index in [2.05, 4.69) is 0 Å². The van der Waals surface area contributed by atoms with Crippen LogP contribution in [0, 0.1) is 10.1 Å². The van der Waals surface area contributed by atoms with E-state index >= 15 is 0 Å². The molecule has 0 bridgehead atoms. The highest BCUT2D eigenvalue weighted by Crippen LogP contribution is 2.64. The zero-order chi connectivity index (χ0) is 23.6. The van der Waals surface area contributed by atoms with Crippen molar-refractivity contribution in [2.45, 2.75) is 19.1 Å². The van der Waals surface area contributed by atoms with E-state index in [0.29, 0.717) is 42.2 Å². The quantitative estimate of drug-likeness (QED) is 0.251. The number of carbonyl (C=O) groups is 1. The molecule has 11 nitrogen and oxygen atoms in total. The summed E-state index contributed by atoms with van der Waals surface area (Å²) < 4.78 is 35.0. The molecule has 2 fully saturated rings. The molecule has 0 saturated carbocycles. The summed E-state index contributed by atoms with van der Waals surface area (Å²) >= 11 is 0. The molecule has 4 aliphatic rings. The molecule has 2 aromatic rings. The number of hydrogen-bond acceptors (Lipinski definition) is 7. The van der Waals surface area contributed by atoms with Gasteiger partial charge in [-0.05, 0) is 23.8 Å². The third kappa shape index (κ3) is 3.65.